The molecule has 0 fully saturated rings. The highest BCUT2D eigenvalue weighted by Gasteiger charge is 2.09. The summed E-state index contributed by atoms with van der Waals surface area (Å²) in [5, 5.41) is 6.10. The molecule has 0 aliphatic rings. The van der Waals surface area contributed by atoms with Gasteiger partial charge in [-0.2, -0.15) is 0 Å². The minimum Gasteiger partial charge on any atom is -0.352 e. The van der Waals surface area contributed by atoms with Crippen LogP contribution in [0.4, 0.5) is 0 Å². The third-order valence-electron chi connectivity index (χ3n) is 8.02. The zero-order chi connectivity index (χ0) is 30.1. The lowest BCUT2D eigenvalue weighted by atomic mass is 10.1. The molecule has 0 saturated carbocycles. The third-order valence-corrected chi connectivity index (χ3v) is 8.02. The molecule has 6 nitrogen and oxygen atoms in total. The van der Waals surface area contributed by atoms with Crippen LogP contribution in [0.5, 0.6) is 0 Å². The summed E-state index contributed by atoms with van der Waals surface area (Å²) in [5.74, 6) is 0.0724. The van der Waals surface area contributed by atoms with Crippen molar-refractivity contribution >= 4 is 11.8 Å². The lowest BCUT2D eigenvalue weighted by Crippen LogP contribution is -2.34. The van der Waals surface area contributed by atoms with E-state index in [4.69, 9.17) is 0 Å². The fourth-order valence-electron chi connectivity index (χ4n) is 5.23. The summed E-state index contributed by atoms with van der Waals surface area (Å²) in [6.07, 6.45) is 30.2. The maximum Gasteiger partial charge on any atom is 0.251 e. The number of hydrogen-bond donors (Lipinski definition) is 2. The molecule has 0 aromatic carbocycles. The summed E-state index contributed by atoms with van der Waals surface area (Å²) in [7, 11) is 0. The molecule has 0 spiro atoms. The molecule has 0 aliphatic carbocycles. The first-order valence-corrected chi connectivity index (χ1v) is 17.2. The van der Waals surface area contributed by atoms with E-state index in [0.717, 1.165) is 63.0 Å². The third kappa shape index (κ3) is 16.6. The molecule has 0 saturated heterocycles. The van der Waals surface area contributed by atoms with Crippen LogP contribution in [0.25, 0.3) is 0 Å². The number of carbonyl (C=O) groups is 2. The second kappa shape index (κ2) is 23.8. The van der Waals surface area contributed by atoms with Crippen LogP contribution in [0.15, 0.2) is 49.1 Å². The molecule has 6 heteroatoms. The molecule has 2 rings (SSSR count). The number of amides is 2. The summed E-state index contributed by atoms with van der Waals surface area (Å²) < 4.78 is 4.36. The molecule has 234 valence electrons. The Balaban J connectivity index is 1.47. The van der Waals surface area contributed by atoms with Crippen molar-refractivity contribution in [2.75, 3.05) is 13.1 Å². The molecular formula is C36H60N4O2+2. The number of aryl methyl sites for hydroxylation is 2. The Morgan fingerprint density at radius 2 is 0.786 bits per heavy atom. The van der Waals surface area contributed by atoms with Crippen molar-refractivity contribution in [3.05, 3.63) is 60.2 Å². The van der Waals surface area contributed by atoms with Crippen LogP contribution in [0.1, 0.15) is 150 Å². The second-order valence-electron chi connectivity index (χ2n) is 11.8. The SMILES string of the molecule is CCCCCCCCNC(=O)c1cc[n+](CCCCCCCC[n+]2ccc(C(=O)NCCCCCCCC)cc2)cc1. The number of rotatable bonds is 25. The zero-order valence-corrected chi connectivity index (χ0v) is 26.9. The Kier molecular flexibility index (Phi) is 20.1. The van der Waals surface area contributed by atoms with Crippen molar-refractivity contribution < 1.29 is 18.7 Å². The molecular weight excluding hydrogens is 520 g/mol. The number of unbranched alkanes of at least 4 members (excludes halogenated alkanes) is 15. The van der Waals surface area contributed by atoms with Crippen molar-refractivity contribution in [2.45, 2.75) is 143 Å². The van der Waals surface area contributed by atoms with Crippen LogP contribution in [-0.2, 0) is 13.1 Å². The second-order valence-corrected chi connectivity index (χ2v) is 11.8. The molecule has 2 heterocycles. The van der Waals surface area contributed by atoms with Gasteiger partial charge >= 0.3 is 0 Å². The van der Waals surface area contributed by atoms with Crippen molar-refractivity contribution in [3.8, 4) is 0 Å². The Bertz CT molecular complexity index is 880. The summed E-state index contributed by atoms with van der Waals surface area (Å²) >= 11 is 0. The normalized spacial score (nSPS) is 11.0. The molecule has 0 aliphatic heterocycles. The highest BCUT2D eigenvalue weighted by atomic mass is 16.2. The highest BCUT2D eigenvalue weighted by Crippen LogP contribution is 2.07. The van der Waals surface area contributed by atoms with E-state index < -0.39 is 0 Å². The lowest BCUT2D eigenvalue weighted by Gasteiger charge is -2.05. The van der Waals surface area contributed by atoms with Crippen molar-refractivity contribution in [3.63, 3.8) is 0 Å². The van der Waals surface area contributed by atoms with E-state index in [1.54, 1.807) is 0 Å². The quantitative estimate of drug-likeness (QED) is 0.0944. The van der Waals surface area contributed by atoms with Gasteiger partial charge in [-0.15, -0.1) is 0 Å². The van der Waals surface area contributed by atoms with Gasteiger partial charge in [-0.1, -0.05) is 90.9 Å². The molecule has 0 radical (unpaired) electrons. The van der Waals surface area contributed by atoms with E-state index in [-0.39, 0.29) is 11.8 Å². The topological polar surface area (TPSA) is 66.0 Å². The van der Waals surface area contributed by atoms with Crippen molar-refractivity contribution in [2.24, 2.45) is 0 Å². The number of pyridine rings is 2. The summed E-state index contributed by atoms with van der Waals surface area (Å²) in [5.41, 5.74) is 1.49. The van der Waals surface area contributed by atoms with Gasteiger partial charge in [0.1, 0.15) is 13.1 Å². The Labute approximate surface area is 256 Å². The van der Waals surface area contributed by atoms with E-state index in [1.165, 1.54) is 89.9 Å². The van der Waals surface area contributed by atoms with E-state index in [0.29, 0.717) is 0 Å². The minimum absolute atomic E-state index is 0.0362. The molecule has 0 atom stereocenters. The van der Waals surface area contributed by atoms with Gasteiger partial charge in [0.25, 0.3) is 11.8 Å². The van der Waals surface area contributed by atoms with Crippen LogP contribution in [-0.4, -0.2) is 24.9 Å². The van der Waals surface area contributed by atoms with Gasteiger partial charge in [0.05, 0.1) is 11.1 Å². The average molecular weight is 581 g/mol. The highest BCUT2D eigenvalue weighted by molar-refractivity contribution is 5.94. The number of nitrogens with one attached hydrogen (secondary N) is 2. The summed E-state index contributed by atoms with van der Waals surface area (Å²) in [6, 6.07) is 7.74. The van der Waals surface area contributed by atoms with E-state index in [2.05, 4.69) is 33.6 Å². The van der Waals surface area contributed by atoms with Crippen molar-refractivity contribution in [1.82, 2.24) is 10.6 Å². The molecule has 2 aromatic heterocycles. The number of aromatic nitrogens is 2. The minimum atomic E-state index is 0.0362. The standard InChI is InChI=1S/C36H58N4O2/c1-3-5-7-9-13-17-25-37-35(41)33-21-29-39(30-22-33)27-19-15-11-12-16-20-28-40-31-23-34(24-32-40)36(42)38-26-18-14-10-8-6-4-2/h21-24,29-32H,3-20,25-28H2,1-2H3/p+2. The predicted octanol–water partition coefficient (Wildman–Crippen LogP) is 7.48. The summed E-state index contributed by atoms with van der Waals surface area (Å²) in [6.45, 7) is 7.99. The first-order chi connectivity index (χ1) is 20.6. The van der Waals surface area contributed by atoms with Crippen LogP contribution in [0.3, 0.4) is 0 Å². The molecule has 0 bridgehead atoms. The number of carbonyl (C=O) groups excluding carboxylic acids is 2. The van der Waals surface area contributed by atoms with E-state index >= 15 is 0 Å². The number of hydrogen-bond acceptors (Lipinski definition) is 2. The fraction of sp³-hybridized carbons (Fsp3) is 0.667. The Morgan fingerprint density at radius 1 is 0.476 bits per heavy atom. The molecule has 2 amide bonds. The summed E-state index contributed by atoms with van der Waals surface area (Å²) in [4.78, 5) is 24.7. The Hall–Kier alpha value is -2.76. The van der Waals surface area contributed by atoms with E-state index in [9.17, 15) is 9.59 Å². The first kappa shape index (κ1) is 35.4. The van der Waals surface area contributed by atoms with Crippen LogP contribution in [0.2, 0.25) is 0 Å². The molecule has 42 heavy (non-hydrogen) atoms. The molecule has 2 aromatic rings. The molecule has 0 unspecified atom stereocenters. The Morgan fingerprint density at radius 3 is 1.14 bits per heavy atom. The van der Waals surface area contributed by atoms with Gasteiger partial charge in [0.2, 0.25) is 0 Å². The van der Waals surface area contributed by atoms with Gasteiger partial charge in [-0.3, -0.25) is 9.59 Å². The van der Waals surface area contributed by atoms with Crippen LogP contribution >= 0.6 is 0 Å². The van der Waals surface area contributed by atoms with Gasteiger partial charge in [-0.25, -0.2) is 9.13 Å². The molecule has 2 N–H and O–H groups in total. The lowest BCUT2D eigenvalue weighted by molar-refractivity contribution is -0.697. The zero-order valence-electron chi connectivity index (χ0n) is 26.9. The largest absolute Gasteiger partial charge is 0.352 e. The average Bonchev–Trinajstić information content (AvgIpc) is 3.01. The number of nitrogens with zero attached hydrogens (tertiary/aromatic N) is 2. The first-order valence-electron chi connectivity index (χ1n) is 17.2. The maximum absolute atomic E-state index is 12.3. The monoisotopic (exact) mass is 580 g/mol. The van der Waals surface area contributed by atoms with Gasteiger partial charge in [0, 0.05) is 50.2 Å². The van der Waals surface area contributed by atoms with Gasteiger partial charge < -0.3 is 10.6 Å². The maximum atomic E-state index is 12.3. The van der Waals surface area contributed by atoms with Crippen LogP contribution < -0.4 is 19.8 Å². The fourth-order valence-corrected chi connectivity index (χ4v) is 5.23. The van der Waals surface area contributed by atoms with Gasteiger partial charge in [0.15, 0.2) is 24.8 Å². The smallest absolute Gasteiger partial charge is 0.251 e. The van der Waals surface area contributed by atoms with Gasteiger partial charge in [-0.05, 0) is 25.7 Å². The van der Waals surface area contributed by atoms with Crippen molar-refractivity contribution in [1.29, 1.82) is 0 Å². The van der Waals surface area contributed by atoms with Crippen LogP contribution in [0, 0.1) is 0 Å². The predicted molar refractivity (Wildman–Crippen MR) is 172 cm³/mol. The van der Waals surface area contributed by atoms with E-state index in [1.807, 2.05) is 49.1 Å².